The summed E-state index contributed by atoms with van der Waals surface area (Å²) in [6.07, 6.45) is 0.450. The van der Waals surface area contributed by atoms with Crippen LogP contribution in [0.4, 0.5) is 0 Å². The van der Waals surface area contributed by atoms with E-state index in [2.05, 4.69) is 5.32 Å². The van der Waals surface area contributed by atoms with Gasteiger partial charge in [0.05, 0.1) is 18.8 Å². The minimum Gasteiger partial charge on any atom is -0.465 e. The third-order valence-electron chi connectivity index (χ3n) is 6.42. The van der Waals surface area contributed by atoms with E-state index in [9.17, 15) is 14.4 Å². The van der Waals surface area contributed by atoms with E-state index in [1.165, 1.54) is 0 Å². The number of Topliss-reactive ketones (excluding diaryl/α,β-unsaturated/α-hetero) is 1. The zero-order valence-electron chi connectivity index (χ0n) is 19.7. The summed E-state index contributed by atoms with van der Waals surface area (Å²) in [4.78, 5) is 40.2. The maximum Gasteiger partial charge on any atom is 0.336 e. The summed E-state index contributed by atoms with van der Waals surface area (Å²) in [5, 5.41) is 3.31. The molecule has 0 radical (unpaired) electrons. The van der Waals surface area contributed by atoms with Gasteiger partial charge < -0.3 is 14.8 Å². The number of hydrogen-bond acceptors (Lipinski definition) is 6. The van der Waals surface area contributed by atoms with Crippen LogP contribution in [0.5, 0.6) is 0 Å². The Labute approximate surface area is 199 Å². The number of esters is 2. The molecule has 1 aliphatic heterocycles. The van der Waals surface area contributed by atoms with E-state index in [-0.39, 0.29) is 24.9 Å². The van der Waals surface area contributed by atoms with Crippen LogP contribution < -0.4 is 5.32 Å². The Kier molecular flexibility index (Phi) is 6.96. The number of carbonyl (C=O) groups is 3. The van der Waals surface area contributed by atoms with Gasteiger partial charge in [-0.25, -0.2) is 4.79 Å². The quantitative estimate of drug-likeness (QED) is 0.509. The molecular formula is C28H29NO5. The van der Waals surface area contributed by atoms with Crippen molar-refractivity contribution in [3.63, 3.8) is 0 Å². The summed E-state index contributed by atoms with van der Waals surface area (Å²) in [6, 6.07) is 19.0. The number of benzene rings is 2. The summed E-state index contributed by atoms with van der Waals surface area (Å²) in [5.41, 5.74) is 3.91. The Bertz CT molecular complexity index is 1150. The minimum absolute atomic E-state index is 0.184. The molecule has 3 atom stereocenters. The second kappa shape index (κ2) is 10.1. The van der Waals surface area contributed by atoms with Crippen LogP contribution in [0.25, 0.3) is 0 Å². The summed E-state index contributed by atoms with van der Waals surface area (Å²) in [7, 11) is 0. The monoisotopic (exact) mass is 459 g/mol. The predicted octanol–water partition coefficient (Wildman–Crippen LogP) is 4.40. The number of allylic oxidation sites excluding steroid dienone is 3. The molecule has 0 aromatic heterocycles. The molecule has 0 saturated heterocycles. The highest BCUT2D eigenvalue weighted by molar-refractivity contribution is 6.13. The number of ether oxygens (including phenoxy) is 2. The third kappa shape index (κ3) is 4.28. The highest BCUT2D eigenvalue weighted by Crippen LogP contribution is 2.48. The van der Waals surface area contributed by atoms with Crippen molar-refractivity contribution < 1.29 is 23.9 Å². The summed E-state index contributed by atoms with van der Waals surface area (Å²) >= 11 is 0. The smallest absolute Gasteiger partial charge is 0.336 e. The topological polar surface area (TPSA) is 81.7 Å². The van der Waals surface area contributed by atoms with Gasteiger partial charge in [-0.15, -0.1) is 0 Å². The average molecular weight is 460 g/mol. The van der Waals surface area contributed by atoms with Crippen molar-refractivity contribution in [2.24, 2.45) is 5.92 Å². The zero-order chi connectivity index (χ0) is 24.2. The van der Waals surface area contributed by atoms with E-state index in [1.807, 2.05) is 67.6 Å². The molecule has 0 spiro atoms. The molecular weight excluding hydrogens is 430 g/mol. The van der Waals surface area contributed by atoms with Crippen molar-refractivity contribution in [2.75, 3.05) is 13.2 Å². The molecule has 6 heteroatoms. The van der Waals surface area contributed by atoms with E-state index in [0.717, 1.165) is 16.8 Å². The molecule has 4 rings (SSSR count). The maximum absolute atomic E-state index is 14.1. The van der Waals surface area contributed by atoms with Crippen LogP contribution in [0, 0.1) is 5.92 Å². The Morgan fingerprint density at radius 1 is 0.912 bits per heavy atom. The van der Waals surface area contributed by atoms with E-state index < -0.39 is 23.8 Å². The lowest BCUT2D eigenvalue weighted by atomic mass is 9.67. The molecule has 0 bridgehead atoms. The number of carbonyl (C=O) groups excluding carboxylic acids is 3. The fourth-order valence-corrected chi connectivity index (χ4v) is 5.01. The first-order valence-corrected chi connectivity index (χ1v) is 11.7. The Morgan fingerprint density at radius 2 is 1.50 bits per heavy atom. The fourth-order valence-electron chi connectivity index (χ4n) is 5.01. The van der Waals surface area contributed by atoms with E-state index in [4.69, 9.17) is 9.47 Å². The lowest BCUT2D eigenvalue weighted by Crippen LogP contribution is -2.43. The highest BCUT2D eigenvalue weighted by Gasteiger charge is 2.49. The first-order chi connectivity index (χ1) is 16.5. The van der Waals surface area contributed by atoms with Gasteiger partial charge in [0, 0.05) is 28.8 Å². The van der Waals surface area contributed by atoms with Crippen LogP contribution in [-0.2, 0) is 23.9 Å². The molecule has 176 valence electrons. The van der Waals surface area contributed by atoms with Gasteiger partial charge in [0.2, 0.25) is 0 Å². The molecule has 6 nitrogen and oxygen atoms in total. The van der Waals surface area contributed by atoms with Crippen molar-refractivity contribution in [1.82, 2.24) is 5.32 Å². The Morgan fingerprint density at radius 3 is 2.09 bits per heavy atom. The molecule has 2 aromatic carbocycles. The predicted molar refractivity (Wildman–Crippen MR) is 128 cm³/mol. The van der Waals surface area contributed by atoms with Crippen molar-refractivity contribution >= 4 is 17.7 Å². The number of rotatable bonds is 6. The second-order valence-electron chi connectivity index (χ2n) is 8.44. The largest absolute Gasteiger partial charge is 0.465 e. The molecule has 1 heterocycles. The standard InChI is InChI=1S/C28H29NO5/c1-4-33-27(31)22-17(3)29-21-16-20(18-12-8-6-9-13-18)24(28(32)34-5-2)26(30)25(21)23(22)19-14-10-7-11-15-19/h6-15,20,23-24,29H,4-5,16H2,1-3H3/t20-,23+,24+/m0/s1. The van der Waals surface area contributed by atoms with Crippen LogP contribution in [0.2, 0.25) is 0 Å². The summed E-state index contributed by atoms with van der Waals surface area (Å²) in [6.45, 7) is 5.71. The fraction of sp³-hybridized carbons (Fsp3) is 0.321. The number of nitrogens with one attached hydrogen (secondary N) is 1. The van der Waals surface area contributed by atoms with E-state index in [1.54, 1.807) is 13.8 Å². The van der Waals surface area contributed by atoms with Crippen molar-refractivity contribution in [1.29, 1.82) is 0 Å². The first-order valence-electron chi connectivity index (χ1n) is 11.7. The molecule has 2 aromatic rings. The van der Waals surface area contributed by atoms with Gasteiger partial charge in [-0.05, 0) is 38.3 Å². The maximum atomic E-state index is 14.1. The molecule has 0 amide bonds. The molecule has 1 N–H and O–H groups in total. The van der Waals surface area contributed by atoms with Crippen LogP contribution in [0.1, 0.15) is 50.2 Å². The van der Waals surface area contributed by atoms with Gasteiger partial charge in [-0.2, -0.15) is 0 Å². The van der Waals surface area contributed by atoms with Gasteiger partial charge in [0.1, 0.15) is 5.92 Å². The molecule has 2 aliphatic rings. The SMILES string of the molecule is CCOC(=O)C1=C(C)NC2=C(C(=O)[C@H](C(=O)OCC)[C@H](c3ccccc3)C2)[C@@H]1c1ccccc1. The molecule has 0 fully saturated rings. The number of ketones is 1. The molecule has 34 heavy (non-hydrogen) atoms. The van der Waals surface area contributed by atoms with Crippen LogP contribution in [0.15, 0.2) is 83.2 Å². The van der Waals surface area contributed by atoms with E-state index >= 15 is 0 Å². The molecule has 1 aliphatic carbocycles. The van der Waals surface area contributed by atoms with Crippen molar-refractivity contribution in [3.05, 3.63) is 94.3 Å². The summed E-state index contributed by atoms with van der Waals surface area (Å²) < 4.78 is 10.7. The molecule has 0 saturated carbocycles. The highest BCUT2D eigenvalue weighted by atomic mass is 16.5. The minimum atomic E-state index is -0.990. The van der Waals surface area contributed by atoms with Crippen LogP contribution in [-0.4, -0.2) is 30.9 Å². The van der Waals surface area contributed by atoms with Gasteiger partial charge in [-0.3, -0.25) is 9.59 Å². The Hall–Kier alpha value is -3.67. The molecule has 0 unspecified atom stereocenters. The first kappa shape index (κ1) is 23.5. The van der Waals surface area contributed by atoms with Crippen molar-refractivity contribution in [2.45, 2.75) is 39.0 Å². The summed E-state index contributed by atoms with van der Waals surface area (Å²) in [5.74, 6) is -3.31. The van der Waals surface area contributed by atoms with Gasteiger partial charge in [-0.1, -0.05) is 60.7 Å². The van der Waals surface area contributed by atoms with Crippen LogP contribution >= 0.6 is 0 Å². The lowest BCUT2D eigenvalue weighted by molar-refractivity contribution is -0.152. The Balaban J connectivity index is 1.88. The van der Waals surface area contributed by atoms with Gasteiger partial charge in [0.15, 0.2) is 5.78 Å². The number of hydrogen-bond donors (Lipinski definition) is 1. The average Bonchev–Trinajstić information content (AvgIpc) is 2.84. The second-order valence-corrected chi connectivity index (χ2v) is 8.44. The lowest BCUT2D eigenvalue weighted by Gasteiger charge is -2.39. The van der Waals surface area contributed by atoms with Gasteiger partial charge in [0.25, 0.3) is 0 Å². The van der Waals surface area contributed by atoms with Gasteiger partial charge >= 0.3 is 11.9 Å². The van der Waals surface area contributed by atoms with E-state index in [0.29, 0.717) is 23.3 Å². The van der Waals surface area contributed by atoms with Crippen molar-refractivity contribution in [3.8, 4) is 0 Å². The zero-order valence-corrected chi connectivity index (χ0v) is 19.7. The third-order valence-corrected chi connectivity index (χ3v) is 6.42. The normalized spacial score (nSPS) is 22.1. The van der Waals surface area contributed by atoms with Crippen LogP contribution in [0.3, 0.4) is 0 Å². The number of dihydropyridines is 1.